The summed E-state index contributed by atoms with van der Waals surface area (Å²) in [6.45, 7) is 6.71. The van der Waals surface area contributed by atoms with E-state index < -0.39 is 29.5 Å². The van der Waals surface area contributed by atoms with Crippen molar-refractivity contribution in [2.45, 2.75) is 82.8 Å². The number of para-hydroxylation sites is 1. The fraction of sp³-hybridized carbons (Fsp3) is 0.528. The lowest BCUT2D eigenvalue weighted by atomic mass is 9.87. The number of aliphatic carboxylic acids is 1. The zero-order valence-corrected chi connectivity index (χ0v) is 28.5. The Hall–Kier alpha value is -3.35. The number of rotatable bonds is 10. The van der Waals surface area contributed by atoms with Crippen LogP contribution in [0.2, 0.25) is 5.02 Å². The largest absolute Gasteiger partial charge is 0.481 e. The van der Waals surface area contributed by atoms with Crippen molar-refractivity contribution in [2.24, 2.45) is 5.92 Å². The fourth-order valence-corrected chi connectivity index (χ4v) is 7.78. The van der Waals surface area contributed by atoms with E-state index >= 15 is 4.39 Å². The van der Waals surface area contributed by atoms with E-state index in [0.717, 1.165) is 18.9 Å². The number of amides is 1. The predicted octanol–water partition coefficient (Wildman–Crippen LogP) is 6.02. The third-order valence-electron chi connectivity index (χ3n) is 10.5. The van der Waals surface area contributed by atoms with Gasteiger partial charge in [0.05, 0.1) is 28.3 Å². The molecule has 3 aliphatic rings. The van der Waals surface area contributed by atoms with E-state index in [1.807, 2.05) is 0 Å². The molecule has 1 aliphatic carbocycles. The second-order valence-electron chi connectivity index (χ2n) is 13.6. The first kappa shape index (κ1) is 34.5. The Kier molecular flexibility index (Phi) is 10.2. The molecule has 48 heavy (non-hydrogen) atoms. The zero-order valence-electron chi connectivity index (χ0n) is 27.7. The summed E-state index contributed by atoms with van der Waals surface area (Å²) in [5.41, 5.74) is 1.03. The molecule has 2 N–H and O–H groups in total. The van der Waals surface area contributed by atoms with Crippen LogP contribution in [0.5, 0.6) is 0 Å². The number of ether oxygens (including phenoxy) is 1. The summed E-state index contributed by atoms with van der Waals surface area (Å²) in [4.78, 5) is 46.2. The average Bonchev–Trinajstić information content (AvgIpc) is 3.76. The first-order valence-corrected chi connectivity index (χ1v) is 17.3. The number of furan rings is 1. The Balaban J connectivity index is 1.30. The maximum absolute atomic E-state index is 15.9. The van der Waals surface area contributed by atoms with Crippen molar-refractivity contribution < 1.29 is 33.0 Å². The van der Waals surface area contributed by atoms with Gasteiger partial charge in [0.15, 0.2) is 5.78 Å². The topological polar surface area (TPSA) is 116 Å². The number of carbonyl (C=O) groups is 3. The molecule has 0 radical (unpaired) electrons. The molecule has 10 nitrogen and oxygen atoms in total. The molecular weight excluding hydrogens is 639 g/mol. The average molecular weight is 683 g/mol. The summed E-state index contributed by atoms with van der Waals surface area (Å²) in [6.07, 6.45) is 4.58. The van der Waals surface area contributed by atoms with Gasteiger partial charge in [-0.25, -0.2) is 4.39 Å². The maximum atomic E-state index is 15.9. The molecule has 3 heterocycles. The number of piperazine rings is 1. The molecule has 6 rings (SSSR count). The van der Waals surface area contributed by atoms with Crippen LogP contribution in [0, 0.1) is 11.7 Å². The number of hydrogen-bond acceptors (Lipinski definition) is 8. The van der Waals surface area contributed by atoms with Crippen molar-refractivity contribution in [3.63, 3.8) is 0 Å². The van der Waals surface area contributed by atoms with E-state index in [1.54, 1.807) is 24.3 Å². The highest BCUT2D eigenvalue weighted by molar-refractivity contribution is 6.34. The summed E-state index contributed by atoms with van der Waals surface area (Å²) in [7, 11) is 2.08. The third-order valence-corrected chi connectivity index (χ3v) is 10.8. The van der Waals surface area contributed by atoms with Crippen LogP contribution in [0.15, 0.2) is 47.1 Å². The lowest BCUT2D eigenvalue weighted by molar-refractivity contribution is -0.265. The smallest absolute Gasteiger partial charge is 0.306 e. The number of fused-ring (bicyclic) bond motifs is 1. The van der Waals surface area contributed by atoms with Crippen molar-refractivity contribution >= 4 is 45.9 Å². The first-order valence-electron chi connectivity index (χ1n) is 16.9. The molecule has 2 aromatic carbocycles. The highest BCUT2D eigenvalue weighted by Crippen LogP contribution is 2.38. The lowest BCUT2D eigenvalue weighted by Crippen LogP contribution is -2.72. The number of carbonyl (C=O) groups excluding carboxylic acids is 2. The van der Waals surface area contributed by atoms with Crippen LogP contribution in [-0.4, -0.2) is 94.7 Å². The van der Waals surface area contributed by atoms with Gasteiger partial charge in [0.2, 0.25) is 5.85 Å². The number of nitrogens with zero attached hydrogens (tertiary/aromatic N) is 3. The van der Waals surface area contributed by atoms with Crippen LogP contribution in [0.4, 0.5) is 10.1 Å². The standard InChI is InChI=1S/C36H44ClFN4O6/c1-22-19-42(20-23(2)40(22)3)36(41-14-6-7-15-41,48-26-12-10-24(11-13-26)35(45)46)33(43)17-25-16-29(37)31(18-30(25)38)39-34(44)28-21-47-32-9-5-4-8-27(28)32/h4-5,8-9,16,18,21-24,26H,6-7,10-15,17,19-20H2,1-3H3,(H,39,44)(H,45,46)/t22-,23-,24-,26-,36?/m0/s1. The molecule has 2 saturated heterocycles. The van der Waals surface area contributed by atoms with Gasteiger partial charge in [-0.2, -0.15) is 0 Å². The van der Waals surface area contributed by atoms with Gasteiger partial charge in [0.25, 0.3) is 5.91 Å². The van der Waals surface area contributed by atoms with Crippen molar-refractivity contribution in [3.8, 4) is 0 Å². The molecule has 2 aliphatic heterocycles. The van der Waals surface area contributed by atoms with Crippen molar-refractivity contribution in [1.29, 1.82) is 0 Å². The van der Waals surface area contributed by atoms with E-state index in [-0.39, 0.29) is 46.7 Å². The van der Waals surface area contributed by atoms with E-state index in [2.05, 4.69) is 40.9 Å². The Morgan fingerprint density at radius 2 is 1.71 bits per heavy atom. The minimum atomic E-state index is -1.45. The fourth-order valence-electron chi connectivity index (χ4n) is 7.55. The van der Waals surface area contributed by atoms with Crippen LogP contribution in [0.1, 0.15) is 68.3 Å². The molecule has 12 heteroatoms. The number of likely N-dealkylation sites (tertiary alicyclic amines) is 1. The molecular formula is C36H44ClFN4O6. The monoisotopic (exact) mass is 682 g/mol. The number of carboxylic acid groups (broad SMARTS) is 1. The Morgan fingerprint density at radius 1 is 1.04 bits per heavy atom. The van der Waals surface area contributed by atoms with E-state index in [1.165, 1.54) is 12.3 Å². The molecule has 1 aromatic heterocycles. The summed E-state index contributed by atoms with van der Waals surface area (Å²) in [5.74, 6) is -4.13. The van der Waals surface area contributed by atoms with Crippen molar-refractivity contribution in [1.82, 2.24) is 14.7 Å². The van der Waals surface area contributed by atoms with Gasteiger partial charge in [-0.1, -0.05) is 29.8 Å². The molecule has 1 unspecified atom stereocenters. The molecule has 3 atom stereocenters. The quantitative estimate of drug-likeness (QED) is 0.265. The van der Waals surface area contributed by atoms with Crippen LogP contribution in [0.25, 0.3) is 11.0 Å². The van der Waals surface area contributed by atoms with Crippen LogP contribution >= 0.6 is 11.6 Å². The van der Waals surface area contributed by atoms with Gasteiger partial charge in [-0.15, -0.1) is 0 Å². The molecule has 0 spiro atoms. The number of halogens is 2. The van der Waals surface area contributed by atoms with Gasteiger partial charge in [0.1, 0.15) is 17.7 Å². The van der Waals surface area contributed by atoms with Crippen LogP contribution in [-0.2, 0) is 20.7 Å². The molecule has 1 amide bonds. The number of Topliss-reactive ketones (excluding diaryl/α,β-unsaturated/α-hetero) is 1. The van der Waals surface area contributed by atoms with Gasteiger partial charge in [0, 0.05) is 50.1 Å². The van der Waals surface area contributed by atoms with E-state index in [4.69, 9.17) is 20.8 Å². The predicted molar refractivity (Wildman–Crippen MR) is 181 cm³/mol. The molecule has 3 aromatic rings. The van der Waals surface area contributed by atoms with Crippen LogP contribution in [0.3, 0.4) is 0 Å². The third kappa shape index (κ3) is 6.76. The second-order valence-corrected chi connectivity index (χ2v) is 14.0. The van der Waals surface area contributed by atoms with Gasteiger partial charge in [-0.05, 0) is 83.2 Å². The maximum Gasteiger partial charge on any atom is 0.306 e. The summed E-state index contributed by atoms with van der Waals surface area (Å²) < 4.78 is 28.4. The zero-order chi connectivity index (χ0) is 34.2. The summed E-state index contributed by atoms with van der Waals surface area (Å²) in [5, 5.41) is 13.0. The van der Waals surface area contributed by atoms with E-state index in [0.29, 0.717) is 68.4 Å². The molecule has 3 fully saturated rings. The van der Waals surface area contributed by atoms with Gasteiger partial charge in [-0.3, -0.25) is 29.1 Å². The minimum absolute atomic E-state index is 0.0830. The molecule has 0 bridgehead atoms. The number of nitrogens with one attached hydrogen (secondary N) is 1. The number of carboxylic acids is 1. The van der Waals surface area contributed by atoms with Crippen molar-refractivity contribution in [3.05, 3.63) is 64.6 Å². The normalized spacial score (nSPS) is 25.6. The number of likely N-dealkylation sites (N-methyl/N-ethyl adjacent to an activating group) is 1. The second kappa shape index (κ2) is 14.2. The summed E-state index contributed by atoms with van der Waals surface area (Å²) >= 11 is 6.63. The highest BCUT2D eigenvalue weighted by Gasteiger charge is 2.54. The van der Waals surface area contributed by atoms with Gasteiger partial charge < -0.3 is 19.6 Å². The molecule has 258 valence electrons. The highest BCUT2D eigenvalue weighted by atomic mass is 35.5. The minimum Gasteiger partial charge on any atom is -0.481 e. The Morgan fingerprint density at radius 3 is 2.38 bits per heavy atom. The van der Waals surface area contributed by atoms with E-state index in [9.17, 15) is 19.5 Å². The number of anilines is 1. The Bertz CT molecular complexity index is 1660. The summed E-state index contributed by atoms with van der Waals surface area (Å²) in [6, 6.07) is 9.94. The number of benzene rings is 2. The number of hydrogen-bond donors (Lipinski definition) is 2. The first-order chi connectivity index (χ1) is 23.0. The van der Waals surface area contributed by atoms with Crippen LogP contribution < -0.4 is 5.32 Å². The van der Waals surface area contributed by atoms with Crippen molar-refractivity contribution in [2.75, 3.05) is 38.5 Å². The number of ketones is 1. The lowest BCUT2D eigenvalue weighted by Gasteiger charge is -2.54. The SMILES string of the molecule is C[C@H]1CN(C(O[C@H]2CC[C@H](C(=O)O)CC2)(C(=O)Cc2cc(Cl)c(NC(=O)c3coc4ccccc34)cc2F)N2CCCC2)C[C@H](C)N1C. The Labute approximate surface area is 285 Å². The molecule has 1 saturated carbocycles. The van der Waals surface area contributed by atoms with Gasteiger partial charge >= 0.3 is 5.97 Å².